The normalized spacial score (nSPS) is 11.6. The van der Waals surface area contributed by atoms with E-state index in [1.807, 2.05) is 6.92 Å². The van der Waals surface area contributed by atoms with Crippen LogP contribution in [0, 0.1) is 0 Å². The molecule has 0 bridgehead atoms. The van der Waals surface area contributed by atoms with Crippen LogP contribution in [0.1, 0.15) is 17.3 Å². The van der Waals surface area contributed by atoms with Crippen LogP contribution in [-0.2, 0) is 0 Å². The molecule has 0 heterocycles. The number of hydrogen-bond acceptors (Lipinski definition) is 5. The van der Waals surface area contributed by atoms with Gasteiger partial charge in [0.2, 0.25) is 0 Å². The first-order valence-corrected chi connectivity index (χ1v) is 5.88. The van der Waals surface area contributed by atoms with Crippen LogP contribution in [0.15, 0.2) is 12.1 Å². The second kappa shape index (κ2) is 6.84. The van der Waals surface area contributed by atoms with Gasteiger partial charge in [-0.05, 0) is 6.92 Å². The lowest BCUT2D eigenvalue weighted by Crippen LogP contribution is -2.37. The Morgan fingerprint density at radius 1 is 1.16 bits per heavy atom. The lowest BCUT2D eigenvalue weighted by Gasteiger charge is -2.16. The zero-order valence-corrected chi connectivity index (χ0v) is 11.6. The number of nitrogens with one attached hydrogen (secondary N) is 1. The number of ether oxygens (including phenoxy) is 3. The number of benzene rings is 1. The Hall–Kier alpha value is -1.95. The van der Waals surface area contributed by atoms with Gasteiger partial charge in [-0.1, -0.05) is 0 Å². The van der Waals surface area contributed by atoms with Crippen LogP contribution in [0.5, 0.6) is 17.2 Å². The Labute approximate surface area is 112 Å². The molecule has 0 aliphatic heterocycles. The topological polar surface area (TPSA) is 82.8 Å². The van der Waals surface area contributed by atoms with E-state index in [1.165, 1.54) is 21.3 Å². The molecule has 0 aliphatic carbocycles. The standard InChI is InChI=1S/C13H20N2O4/c1-8(7-14)15-13(16)9-5-11(18-3)12(19-4)6-10(9)17-2/h5-6,8H,7,14H2,1-4H3,(H,15,16)/t8-/m1/s1. The van der Waals surface area contributed by atoms with Crippen molar-refractivity contribution in [2.75, 3.05) is 27.9 Å². The lowest BCUT2D eigenvalue weighted by molar-refractivity contribution is 0.0937. The maximum Gasteiger partial charge on any atom is 0.255 e. The monoisotopic (exact) mass is 268 g/mol. The molecule has 0 saturated heterocycles. The highest BCUT2D eigenvalue weighted by molar-refractivity contribution is 5.98. The first kappa shape index (κ1) is 15.1. The van der Waals surface area contributed by atoms with E-state index in [1.54, 1.807) is 12.1 Å². The van der Waals surface area contributed by atoms with E-state index in [4.69, 9.17) is 19.9 Å². The molecule has 0 fully saturated rings. The molecule has 0 aliphatic rings. The Kier molecular flexibility index (Phi) is 5.44. The fourth-order valence-corrected chi connectivity index (χ4v) is 1.57. The minimum Gasteiger partial charge on any atom is -0.496 e. The highest BCUT2D eigenvalue weighted by Gasteiger charge is 2.18. The van der Waals surface area contributed by atoms with Gasteiger partial charge in [-0.2, -0.15) is 0 Å². The van der Waals surface area contributed by atoms with E-state index >= 15 is 0 Å². The Morgan fingerprint density at radius 3 is 2.16 bits per heavy atom. The molecule has 106 valence electrons. The number of rotatable bonds is 6. The van der Waals surface area contributed by atoms with Crippen LogP contribution in [0.3, 0.4) is 0 Å². The Balaban J connectivity index is 3.14. The predicted octanol–water partition coefficient (Wildman–Crippen LogP) is 0.789. The second-order valence-corrected chi connectivity index (χ2v) is 4.02. The molecule has 6 heteroatoms. The molecule has 19 heavy (non-hydrogen) atoms. The average Bonchev–Trinajstić information content (AvgIpc) is 2.45. The molecule has 0 radical (unpaired) electrons. The summed E-state index contributed by atoms with van der Waals surface area (Å²) in [6.45, 7) is 2.19. The van der Waals surface area contributed by atoms with E-state index < -0.39 is 0 Å². The number of nitrogens with two attached hydrogens (primary N) is 1. The molecule has 0 unspecified atom stereocenters. The number of carbonyl (C=O) groups is 1. The van der Waals surface area contributed by atoms with Crippen molar-refractivity contribution in [1.82, 2.24) is 5.32 Å². The summed E-state index contributed by atoms with van der Waals surface area (Å²) in [5.41, 5.74) is 5.86. The Bertz CT molecular complexity index is 449. The van der Waals surface area contributed by atoms with E-state index in [0.717, 1.165) is 0 Å². The van der Waals surface area contributed by atoms with E-state index in [0.29, 0.717) is 29.4 Å². The van der Waals surface area contributed by atoms with Crippen molar-refractivity contribution in [3.05, 3.63) is 17.7 Å². The molecule has 6 nitrogen and oxygen atoms in total. The molecule has 0 saturated carbocycles. The van der Waals surface area contributed by atoms with Crippen molar-refractivity contribution in [2.24, 2.45) is 5.73 Å². The Morgan fingerprint density at radius 2 is 1.68 bits per heavy atom. The molecule has 1 atom stereocenters. The summed E-state index contributed by atoms with van der Waals surface area (Å²) in [5, 5.41) is 2.77. The van der Waals surface area contributed by atoms with Crippen LogP contribution in [-0.4, -0.2) is 39.8 Å². The van der Waals surface area contributed by atoms with Gasteiger partial charge in [-0.3, -0.25) is 4.79 Å². The summed E-state index contributed by atoms with van der Waals surface area (Å²) in [5.74, 6) is 1.12. The molecular formula is C13H20N2O4. The highest BCUT2D eigenvalue weighted by atomic mass is 16.5. The fraction of sp³-hybridized carbons (Fsp3) is 0.462. The number of methoxy groups -OCH3 is 3. The minimum absolute atomic E-state index is 0.120. The van der Waals surface area contributed by atoms with Crippen molar-refractivity contribution in [2.45, 2.75) is 13.0 Å². The van der Waals surface area contributed by atoms with Crippen molar-refractivity contribution in [3.8, 4) is 17.2 Å². The molecule has 1 rings (SSSR count). The first-order valence-electron chi connectivity index (χ1n) is 5.88. The van der Waals surface area contributed by atoms with Gasteiger partial charge in [0.1, 0.15) is 5.75 Å². The molecular weight excluding hydrogens is 248 g/mol. The quantitative estimate of drug-likeness (QED) is 0.797. The van der Waals surface area contributed by atoms with Crippen LogP contribution in [0.25, 0.3) is 0 Å². The predicted molar refractivity (Wildman–Crippen MR) is 72.1 cm³/mol. The molecule has 3 N–H and O–H groups in total. The van der Waals surface area contributed by atoms with Gasteiger partial charge >= 0.3 is 0 Å². The maximum atomic E-state index is 12.1. The van der Waals surface area contributed by atoms with Gasteiger partial charge in [-0.15, -0.1) is 0 Å². The largest absolute Gasteiger partial charge is 0.496 e. The molecule has 1 amide bonds. The van der Waals surface area contributed by atoms with Crippen LogP contribution in [0.4, 0.5) is 0 Å². The van der Waals surface area contributed by atoms with Crippen molar-refractivity contribution in [1.29, 1.82) is 0 Å². The number of hydrogen-bond donors (Lipinski definition) is 2. The van der Waals surface area contributed by atoms with Gasteiger partial charge in [0, 0.05) is 24.7 Å². The SMILES string of the molecule is COc1cc(OC)c(C(=O)N[C@H](C)CN)cc1OC. The summed E-state index contributed by atoms with van der Waals surface area (Å²) in [6.07, 6.45) is 0. The van der Waals surface area contributed by atoms with Crippen LogP contribution >= 0.6 is 0 Å². The first-order chi connectivity index (χ1) is 9.07. The number of amides is 1. The smallest absolute Gasteiger partial charge is 0.255 e. The molecule has 0 aromatic heterocycles. The summed E-state index contributed by atoms with van der Waals surface area (Å²) >= 11 is 0. The molecule has 0 spiro atoms. The number of carbonyl (C=O) groups excluding carboxylic acids is 1. The third-order valence-corrected chi connectivity index (χ3v) is 2.68. The van der Waals surface area contributed by atoms with Gasteiger partial charge < -0.3 is 25.3 Å². The second-order valence-electron chi connectivity index (χ2n) is 4.02. The zero-order valence-electron chi connectivity index (χ0n) is 11.6. The summed E-state index contributed by atoms with van der Waals surface area (Å²) < 4.78 is 15.5. The molecule has 1 aromatic rings. The van der Waals surface area contributed by atoms with Gasteiger partial charge in [-0.25, -0.2) is 0 Å². The summed E-state index contributed by atoms with van der Waals surface area (Å²) in [6, 6.07) is 3.07. The minimum atomic E-state index is -0.268. The van der Waals surface area contributed by atoms with Gasteiger partial charge in [0.15, 0.2) is 11.5 Å². The van der Waals surface area contributed by atoms with Crippen molar-refractivity contribution in [3.63, 3.8) is 0 Å². The van der Waals surface area contributed by atoms with E-state index in [-0.39, 0.29) is 11.9 Å². The fourth-order valence-electron chi connectivity index (χ4n) is 1.57. The zero-order chi connectivity index (χ0) is 14.4. The third kappa shape index (κ3) is 3.51. The van der Waals surface area contributed by atoms with E-state index in [9.17, 15) is 4.79 Å². The van der Waals surface area contributed by atoms with Crippen LogP contribution in [0.2, 0.25) is 0 Å². The van der Waals surface area contributed by atoms with Crippen molar-refractivity contribution < 1.29 is 19.0 Å². The van der Waals surface area contributed by atoms with Gasteiger partial charge in [0.25, 0.3) is 5.91 Å². The third-order valence-electron chi connectivity index (χ3n) is 2.68. The lowest BCUT2D eigenvalue weighted by atomic mass is 10.1. The molecule has 1 aromatic carbocycles. The van der Waals surface area contributed by atoms with Gasteiger partial charge in [0.05, 0.1) is 26.9 Å². The van der Waals surface area contributed by atoms with Crippen molar-refractivity contribution >= 4 is 5.91 Å². The van der Waals surface area contributed by atoms with E-state index in [2.05, 4.69) is 5.32 Å². The summed E-state index contributed by atoms with van der Waals surface area (Å²) in [7, 11) is 4.52. The van der Waals surface area contributed by atoms with Crippen LogP contribution < -0.4 is 25.3 Å². The average molecular weight is 268 g/mol. The maximum absolute atomic E-state index is 12.1. The summed E-state index contributed by atoms with van der Waals surface area (Å²) in [4.78, 5) is 12.1. The highest BCUT2D eigenvalue weighted by Crippen LogP contribution is 2.34.